The van der Waals surface area contributed by atoms with Crippen molar-refractivity contribution in [1.29, 1.82) is 0 Å². The van der Waals surface area contributed by atoms with Gasteiger partial charge in [-0.3, -0.25) is 0 Å². The number of alkyl halides is 4. The summed E-state index contributed by atoms with van der Waals surface area (Å²) < 4.78 is 55.3. The number of hydrogen-bond donors (Lipinski definition) is 1. The number of likely N-dealkylation sites (N-methyl/N-ethyl adjacent to an activating group) is 1. The molecule has 0 unspecified atom stereocenters. The molecule has 142 valence electrons. The molecule has 4 rings (SSSR count). The average Bonchev–Trinajstić information content (AvgIpc) is 2.93. The third kappa shape index (κ3) is 3.33. The van der Waals surface area contributed by atoms with Crippen molar-refractivity contribution in [2.24, 2.45) is 0 Å². The van der Waals surface area contributed by atoms with Crippen LogP contribution in [0.1, 0.15) is 19.3 Å². The van der Waals surface area contributed by atoms with Gasteiger partial charge < -0.3 is 0 Å². The second-order valence-electron chi connectivity index (χ2n) is 6.77. The van der Waals surface area contributed by atoms with Crippen LogP contribution in [0.15, 0.2) is 18.2 Å². The molecule has 2 bridgehead atoms. The molecule has 0 aliphatic carbocycles. The van der Waals surface area contributed by atoms with Crippen LogP contribution in [0.3, 0.4) is 0 Å². The van der Waals surface area contributed by atoms with Crippen LogP contribution in [0.25, 0.3) is 5.52 Å². The Balaban J connectivity index is 1.66. The van der Waals surface area contributed by atoms with Crippen LogP contribution in [-0.4, -0.2) is 65.9 Å². The SMILES string of the molecule is CN1[C@H]2CC[C@H](Nc3cccc4c([Se]C(F)(F)F)c(I)nn34)[C@@H]1[C@@H](F)C2. The first kappa shape index (κ1) is 18.8. The molecule has 26 heavy (non-hydrogen) atoms. The summed E-state index contributed by atoms with van der Waals surface area (Å²) in [7, 11) is 1.95. The summed E-state index contributed by atoms with van der Waals surface area (Å²) in [5, 5.41) is 3.44. The molecular formula is C16H17F4IN4Se. The monoisotopic (exact) mass is 548 g/mol. The average molecular weight is 547 g/mol. The fourth-order valence-corrected chi connectivity index (χ4v) is 6.51. The Bertz CT molecular complexity index is 826. The summed E-state index contributed by atoms with van der Waals surface area (Å²) in [6, 6.07) is 5.15. The van der Waals surface area contributed by atoms with Crippen LogP contribution < -0.4 is 9.78 Å². The Morgan fingerprint density at radius 2 is 2.08 bits per heavy atom. The number of nitrogens with zero attached hydrogens (tertiary/aromatic N) is 3. The Kier molecular flexibility index (Phi) is 4.90. The summed E-state index contributed by atoms with van der Waals surface area (Å²) in [4.78, 5) is 2.09. The zero-order valence-electron chi connectivity index (χ0n) is 13.8. The Labute approximate surface area is 168 Å². The van der Waals surface area contributed by atoms with Gasteiger partial charge in [0.25, 0.3) is 0 Å². The van der Waals surface area contributed by atoms with Gasteiger partial charge in [-0.1, -0.05) is 0 Å². The van der Waals surface area contributed by atoms with Crippen LogP contribution in [0.2, 0.25) is 0 Å². The summed E-state index contributed by atoms with van der Waals surface area (Å²) in [5.74, 6) is 0.612. The van der Waals surface area contributed by atoms with Crippen LogP contribution in [-0.2, 0) is 0 Å². The Morgan fingerprint density at radius 3 is 2.81 bits per heavy atom. The maximum atomic E-state index is 14.4. The van der Waals surface area contributed by atoms with E-state index in [0.717, 1.165) is 12.8 Å². The molecule has 4 nitrogen and oxygen atoms in total. The molecule has 2 aliphatic heterocycles. The Hall–Kier alpha value is -0.581. The summed E-state index contributed by atoms with van der Waals surface area (Å²) in [5.41, 5.74) is 0.460. The normalized spacial score (nSPS) is 29.5. The van der Waals surface area contributed by atoms with E-state index in [1.807, 2.05) is 29.6 Å². The number of pyridine rings is 1. The minimum atomic E-state index is -4.23. The quantitative estimate of drug-likeness (QED) is 0.365. The first-order valence-electron chi connectivity index (χ1n) is 8.30. The van der Waals surface area contributed by atoms with E-state index in [1.54, 1.807) is 18.2 Å². The fraction of sp³-hybridized carbons (Fsp3) is 0.562. The molecule has 0 saturated carbocycles. The van der Waals surface area contributed by atoms with E-state index in [2.05, 4.69) is 15.3 Å². The van der Waals surface area contributed by atoms with Crippen molar-refractivity contribution >= 4 is 53.3 Å². The van der Waals surface area contributed by atoms with E-state index < -0.39 is 26.2 Å². The van der Waals surface area contributed by atoms with Crippen molar-refractivity contribution in [3.63, 3.8) is 0 Å². The van der Waals surface area contributed by atoms with Crippen molar-refractivity contribution in [2.75, 3.05) is 12.4 Å². The third-order valence-corrected chi connectivity index (χ3v) is 8.60. The van der Waals surface area contributed by atoms with E-state index >= 15 is 0 Å². The zero-order valence-corrected chi connectivity index (χ0v) is 17.7. The molecule has 4 heterocycles. The third-order valence-electron chi connectivity index (χ3n) is 5.26. The van der Waals surface area contributed by atoms with Gasteiger partial charge >= 0.3 is 168 Å². The summed E-state index contributed by atoms with van der Waals surface area (Å²) >= 11 is 0.198. The molecule has 2 aromatic rings. The number of anilines is 1. The molecular weight excluding hydrogens is 530 g/mol. The van der Waals surface area contributed by atoms with Crippen molar-refractivity contribution in [3.8, 4) is 0 Å². The van der Waals surface area contributed by atoms with Crippen LogP contribution in [0, 0.1) is 3.70 Å². The molecule has 0 spiro atoms. The first-order chi connectivity index (χ1) is 12.2. The predicted octanol–water partition coefficient (Wildman–Crippen LogP) is 2.77. The first-order valence-corrected chi connectivity index (χ1v) is 11.1. The van der Waals surface area contributed by atoms with E-state index in [0.29, 0.717) is 21.5 Å². The number of aromatic nitrogens is 2. The van der Waals surface area contributed by atoms with E-state index in [1.165, 1.54) is 4.52 Å². The standard InChI is InChI=1S/C16H17F4IN4Se/c1-24-8-5-6-10(13(24)9(17)7-8)22-12-4-2-3-11-14(26-16(18,19)20)15(21)23-25(11)12/h2-4,8-10,13,22H,5-7H2,1H3/t8-,9-,10-,13-/m0/s1. The van der Waals surface area contributed by atoms with Crippen LogP contribution in [0.5, 0.6) is 0 Å². The topological polar surface area (TPSA) is 32.6 Å². The minimum absolute atomic E-state index is 0.0854. The molecule has 4 atom stereocenters. The second kappa shape index (κ2) is 6.79. The van der Waals surface area contributed by atoms with Gasteiger partial charge in [-0.05, 0) is 0 Å². The number of hydrogen-bond acceptors (Lipinski definition) is 3. The molecule has 2 fully saturated rings. The van der Waals surface area contributed by atoms with Gasteiger partial charge in [0, 0.05) is 0 Å². The van der Waals surface area contributed by atoms with Crippen molar-refractivity contribution in [3.05, 3.63) is 21.9 Å². The summed E-state index contributed by atoms with van der Waals surface area (Å²) in [6.45, 7) is 0. The number of fused-ring (bicyclic) bond motifs is 3. The fourth-order valence-electron chi connectivity index (χ4n) is 4.15. The van der Waals surface area contributed by atoms with Gasteiger partial charge in [-0.25, -0.2) is 0 Å². The van der Waals surface area contributed by atoms with Crippen molar-refractivity contribution in [2.45, 2.75) is 48.6 Å². The molecule has 2 saturated heterocycles. The summed E-state index contributed by atoms with van der Waals surface area (Å²) in [6.07, 6.45) is 1.43. The molecule has 1 N–H and O–H groups in total. The van der Waals surface area contributed by atoms with Crippen molar-refractivity contribution < 1.29 is 17.6 Å². The van der Waals surface area contributed by atoms with Crippen molar-refractivity contribution in [1.82, 2.24) is 14.5 Å². The number of piperidine rings is 1. The number of rotatable bonds is 3. The molecule has 0 amide bonds. The molecule has 0 radical (unpaired) electrons. The number of halogens is 5. The maximum absolute atomic E-state index is 14.4. The van der Waals surface area contributed by atoms with Crippen LogP contribution >= 0.6 is 22.6 Å². The van der Waals surface area contributed by atoms with Gasteiger partial charge in [0.05, 0.1) is 0 Å². The van der Waals surface area contributed by atoms with Gasteiger partial charge in [0.1, 0.15) is 0 Å². The molecule has 2 aromatic heterocycles. The van der Waals surface area contributed by atoms with E-state index in [-0.39, 0.29) is 22.6 Å². The number of nitrogens with one attached hydrogen (secondary N) is 1. The van der Waals surface area contributed by atoms with Gasteiger partial charge in [-0.15, -0.1) is 0 Å². The van der Waals surface area contributed by atoms with E-state index in [4.69, 9.17) is 0 Å². The van der Waals surface area contributed by atoms with Gasteiger partial charge in [0.2, 0.25) is 0 Å². The van der Waals surface area contributed by atoms with Gasteiger partial charge in [0.15, 0.2) is 0 Å². The second-order valence-corrected chi connectivity index (χ2v) is 10.0. The van der Waals surface area contributed by atoms with Crippen LogP contribution in [0.4, 0.5) is 23.4 Å². The Morgan fingerprint density at radius 1 is 1.31 bits per heavy atom. The zero-order chi connectivity index (χ0) is 18.6. The molecule has 0 aromatic carbocycles. The predicted molar refractivity (Wildman–Crippen MR) is 101 cm³/mol. The van der Waals surface area contributed by atoms with Gasteiger partial charge in [-0.2, -0.15) is 0 Å². The molecule has 10 heteroatoms. The molecule has 2 aliphatic rings. The van der Waals surface area contributed by atoms with E-state index in [9.17, 15) is 17.6 Å².